The number of thiazole rings is 2. The van der Waals surface area contributed by atoms with Crippen molar-refractivity contribution in [3.8, 4) is 57.4 Å². The van der Waals surface area contributed by atoms with E-state index in [-0.39, 0.29) is 111 Å². The SMILES string of the molecule is C.C.C.C.C.C.C.C.C.C.C.CC(C)n1nccc1-c1ncccc1COc1ccc2nnsc2c1C=O.COc1ccc(N)c(SSc2cc(OC)ccc2N)c1.COc1ccc2nc(N)sc2c1.COc1ccc2ncsc2c1.COc1ccc2nnsc2c1.NN.O=Cc1c(O)ccc2nnsc12.Oc1ccc2nnsc2c1. The summed E-state index contributed by atoms with van der Waals surface area (Å²) in [6.07, 6.45) is 4.92. The first-order valence-electron chi connectivity index (χ1n) is 30.6. The van der Waals surface area contributed by atoms with E-state index in [0.717, 1.165) is 114 Å². The molecule has 0 unspecified atom stereocenters. The molecule has 16 aromatic rings. The summed E-state index contributed by atoms with van der Waals surface area (Å²) in [5, 5.41) is 38.7. The van der Waals surface area contributed by atoms with Gasteiger partial charge in [-0.05, 0) is 193 Å². The van der Waals surface area contributed by atoms with E-state index < -0.39 is 0 Å². The predicted octanol–water partition coefficient (Wildman–Crippen LogP) is 21.9. The first-order chi connectivity index (χ1) is 51.1. The van der Waals surface area contributed by atoms with E-state index in [0.29, 0.717) is 49.8 Å². The second kappa shape index (κ2) is 54.7. The number of carbonyl (C=O) groups is 2. The number of hydrazine groups is 1. The molecule has 12 N–H and O–H groups in total. The van der Waals surface area contributed by atoms with Gasteiger partial charge in [-0.1, -0.05) is 139 Å². The van der Waals surface area contributed by atoms with E-state index in [1.807, 2.05) is 119 Å². The number of phenolic OH excluding ortho intramolecular Hbond substituents is 2. The van der Waals surface area contributed by atoms with Gasteiger partial charge in [-0.15, -0.1) is 31.7 Å². The van der Waals surface area contributed by atoms with Gasteiger partial charge in [0.05, 0.1) is 103 Å². The number of hydrogen-bond donors (Lipinski definition) is 7. The Morgan fingerprint density at radius 2 is 0.922 bits per heavy atom. The molecule has 0 spiro atoms. The second-order valence-electron chi connectivity index (χ2n) is 21.1. The van der Waals surface area contributed by atoms with Crippen LogP contribution in [0.15, 0.2) is 179 Å². The Morgan fingerprint density at radius 1 is 0.474 bits per heavy atom. The molecule has 0 aliphatic heterocycles. The second-order valence-corrected chi connectivity index (χ2v) is 28.3. The largest absolute Gasteiger partial charge is 0.508 e. The topological polar surface area (TPSA) is 420 Å². The lowest BCUT2D eigenvalue weighted by atomic mass is 10.1. The number of nitrogen functional groups attached to an aromatic ring is 3. The highest BCUT2D eigenvalue weighted by Crippen LogP contribution is 2.44. The number of benzene rings is 8. The maximum absolute atomic E-state index is 11.6. The van der Waals surface area contributed by atoms with Crippen LogP contribution in [0, 0.1) is 0 Å². The molecule has 628 valence electrons. The third-order valence-corrected chi connectivity index (χ3v) is 21.3. The summed E-state index contributed by atoms with van der Waals surface area (Å²) in [7, 11) is 11.3. The molecule has 0 saturated heterocycles. The van der Waals surface area contributed by atoms with Crippen LogP contribution in [0.2, 0.25) is 0 Å². The van der Waals surface area contributed by atoms with Crippen LogP contribution in [0.25, 0.3) is 72.7 Å². The van der Waals surface area contributed by atoms with E-state index >= 15 is 0 Å². The van der Waals surface area contributed by atoms with Gasteiger partial charge in [0.25, 0.3) is 0 Å². The molecular weight excluding hydrogens is 1630 g/mol. The van der Waals surface area contributed by atoms with E-state index in [9.17, 15) is 14.7 Å². The number of nitrogens with two attached hydrogens (primary N) is 5. The molecule has 0 aliphatic rings. The smallest absolute Gasteiger partial charge is 0.181 e. The van der Waals surface area contributed by atoms with Crippen LogP contribution in [0.5, 0.6) is 46.0 Å². The average Bonchev–Trinajstić information content (AvgIpc) is 1.54. The fourth-order valence-electron chi connectivity index (χ4n) is 9.10. The Balaban J connectivity index is -0.00000130. The zero-order chi connectivity index (χ0) is 74.8. The molecule has 0 bridgehead atoms. The average molecular weight is 1740 g/mol. The standard InChI is InChI=1S/C19H17N5O2S.C14H16N2O2S2.C8H8N2OS.C8H7NOS.C7H4N2O2S.C7H6N2OS.C6H4N2OS.11CH4.H4N2/c1-12(2)24-16(7-9-21-24)18-13(4-3-8-20-18)11-26-17-6-5-15-19(14(17)10-25)27-23-22-15;1-17-9-3-5-11(15)13(7-9)19-20-14-8-10(18-2)4-6-12(14)16;1-11-5-2-3-6-7(4-5)12-8(9)10-6;1-10-6-2-3-7-8(4-6)11-5-9-7;10-3-4-6(11)2-1-5-7(4)12-9-8-5;1-10-5-2-3-6-7(4-5)11-9-8-6;9-4-1-2-5-6(3-4)10-8-7-5;;;;;;;;;;;;1-2/h3-10,12H,11H2,1-2H3;3-8H,15-16H2,1-2H3;2-4H,1H3,(H2,9,10);2-5H,1H3;1-3,11H;2-4H,1H3;1-3,9H;11*1H4;1-2H2. The fourth-order valence-corrected chi connectivity index (χ4v) is 15.3. The lowest BCUT2D eigenvalue weighted by Crippen LogP contribution is -2.08. The molecule has 116 heavy (non-hydrogen) atoms. The van der Waals surface area contributed by atoms with Crippen molar-refractivity contribution in [2.45, 2.75) is 118 Å². The molecule has 0 fully saturated rings. The minimum Gasteiger partial charge on any atom is -0.508 e. The molecule has 8 aromatic carbocycles. The van der Waals surface area contributed by atoms with Crippen molar-refractivity contribution in [3.05, 3.63) is 186 Å². The first-order valence-corrected chi connectivity index (χ1v) is 37.5. The van der Waals surface area contributed by atoms with Crippen molar-refractivity contribution in [3.63, 3.8) is 0 Å². The van der Waals surface area contributed by atoms with Gasteiger partial charge in [-0.2, -0.15) is 5.10 Å². The van der Waals surface area contributed by atoms with Crippen LogP contribution in [0.4, 0.5) is 16.5 Å². The Kier molecular flexibility index (Phi) is 51.4. The zero-order valence-corrected chi connectivity index (χ0v) is 63.3. The van der Waals surface area contributed by atoms with Crippen LogP contribution in [0.1, 0.15) is 128 Å². The maximum Gasteiger partial charge on any atom is 0.181 e. The summed E-state index contributed by atoms with van der Waals surface area (Å²) >= 11 is 8.03. The van der Waals surface area contributed by atoms with E-state index in [1.165, 1.54) is 78.3 Å². The Hall–Kier alpha value is -11.1. The molecule has 0 saturated carbocycles. The molecule has 16 rings (SSSR count). The number of aromatic nitrogens is 13. The highest BCUT2D eigenvalue weighted by Gasteiger charge is 2.17. The van der Waals surface area contributed by atoms with Gasteiger partial charge in [-0.25, -0.2) is 9.97 Å². The summed E-state index contributed by atoms with van der Waals surface area (Å²) < 4.78 is 54.2. The molecular formula is C80H110N18O10S8. The Labute approximate surface area is 712 Å². The first kappa shape index (κ1) is 109. The molecule has 36 heteroatoms. The van der Waals surface area contributed by atoms with Gasteiger partial charge in [-0.3, -0.25) is 30.9 Å². The van der Waals surface area contributed by atoms with Gasteiger partial charge in [0.15, 0.2) is 17.7 Å². The molecule has 0 radical (unpaired) electrons. The fraction of sp³-hybridized carbons (Fsp3) is 0.250. The summed E-state index contributed by atoms with van der Waals surface area (Å²) in [5.41, 5.74) is 29.2. The number of rotatable bonds is 15. The number of carbonyl (C=O) groups excluding carboxylic acids is 2. The van der Waals surface area contributed by atoms with Gasteiger partial charge in [0.2, 0.25) is 0 Å². The molecule has 0 aliphatic carbocycles. The normalized spacial score (nSPS) is 9.43. The van der Waals surface area contributed by atoms with Gasteiger partial charge in [0, 0.05) is 57.3 Å². The Morgan fingerprint density at radius 3 is 1.46 bits per heavy atom. The van der Waals surface area contributed by atoms with Crippen molar-refractivity contribution in [2.75, 3.05) is 52.7 Å². The van der Waals surface area contributed by atoms with Crippen molar-refractivity contribution in [1.29, 1.82) is 0 Å². The van der Waals surface area contributed by atoms with Crippen LogP contribution in [-0.2, 0) is 6.61 Å². The minimum atomic E-state index is -0.0245. The maximum atomic E-state index is 11.6. The number of phenols is 2. The summed E-state index contributed by atoms with van der Waals surface area (Å²) in [6, 6.07) is 46.1. The van der Waals surface area contributed by atoms with Crippen LogP contribution >= 0.6 is 90.4 Å². The number of methoxy groups -OCH3 is 5. The van der Waals surface area contributed by atoms with Crippen LogP contribution in [0.3, 0.4) is 0 Å². The number of anilines is 3. The van der Waals surface area contributed by atoms with Crippen LogP contribution in [-0.4, -0.2) is 121 Å². The monoisotopic (exact) mass is 1740 g/mol. The molecule has 8 aromatic heterocycles. The number of fused-ring (bicyclic) bond motifs is 6. The van der Waals surface area contributed by atoms with E-state index in [4.69, 9.17) is 50.7 Å². The van der Waals surface area contributed by atoms with Crippen LogP contribution < -0.4 is 57.3 Å². The number of hydrogen-bond acceptors (Lipinski definition) is 35. The van der Waals surface area contributed by atoms with Crippen molar-refractivity contribution < 1.29 is 48.2 Å². The number of aldehydes is 2. The number of nitrogens with zero attached hydrogens (tertiary/aromatic N) is 13. The van der Waals surface area contributed by atoms with Crippen molar-refractivity contribution in [1.82, 2.24) is 63.1 Å². The zero-order valence-electron chi connectivity index (χ0n) is 56.7. The third kappa shape index (κ3) is 29.0. The van der Waals surface area contributed by atoms with Gasteiger partial charge >= 0.3 is 0 Å². The quantitative estimate of drug-likeness (QED) is 0.0165. The number of aromatic hydroxyl groups is 2. The molecule has 0 amide bonds. The van der Waals surface area contributed by atoms with Crippen molar-refractivity contribution in [2.24, 2.45) is 11.7 Å². The number of pyridine rings is 1. The molecule has 28 nitrogen and oxygen atoms in total. The summed E-state index contributed by atoms with van der Waals surface area (Å²) in [4.78, 5) is 36.8. The van der Waals surface area contributed by atoms with E-state index in [1.54, 1.807) is 95.7 Å². The summed E-state index contributed by atoms with van der Waals surface area (Å²) in [6.45, 7) is 4.43. The Bertz CT molecular complexity index is 5360. The molecule has 0 atom stereocenters. The van der Waals surface area contributed by atoms with Crippen molar-refractivity contribution >= 4 is 181 Å². The van der Waals surface area contributed by atoms with Gasteiger partial charge in [0.1, 0.15) is 74.7 Å². The van der Waals surface area contributed by atoms with E-state index in [2.05, 4.69) is 83.9 Å². The number of ether oxygens (including phenoxy) is 6. The highest BCUT2D eigenvalue weighted by atomic mass is 33.1. The third-order valence-electron chi connectivity index (χ3n) is 14.3. The lowest BCUT2D eigenvalue weighted by molar-refractivity contribution is 0.111. The lowest BCUT2D eigenvalue weighted by Gasteiger charge is -2.14. The predicted molar refractivity (Wildman–Crippen MR) is 496 cm³/mol. The molecule has 8 heterocycles. The minimum absolute atomic E-state index is 0. The summed E-state index contributed by atoms with van der Waals surface area (Å²) in [5.74, 6) is 12.9. The highest BCUT2D eigenvalue weighted by molar-refractivity contribution is 8.76. The van der Waals surface area contributed by atoms with Gasteiger partial charge < -0.3 is 55.8 Å².